The van der Waals surface area contributed by atoms with Gasteiger partial charge in [0.2, 0.25) is 0 Å². The molecule has 0 amide bonds. The predicted molar refractivity (Wildman–Crippen MR) is 115 cm³/mol. The summed E-state index contributed by atoms with van der Waals surface area (Å²) in [5, 5.41) is 4.52. The first-order valence-corrected chi connectivity index (χ1v) is 10.1. The van der Waals surface area contributed by atoms with Crippen molar-refractivity contribution in [3.05, 3.63) is 89.3 Å². The lowest BCUT2D eigenvalue weighted by Crippen LogP contribution is -2.22. The Labute approximate surface area is 184 Å². The summed E-state index contributed by atoms with van der Waals surface area (Å²) in [6.07, 6.45) is -2.90. The molecule has 164 valence electrons. The molecule has 0 aromatic carbocycles. The fraction of sp³-hybridized carbons (Fsp3) is 0.250. The Kier molecular flexibility index (Phi) is 5.32. The van der Waals surface area contributed by atoms with Crippen molar-refractivity contribution >= 4 is 0 Å². The lowest BCUT2D eigenvalue weighted by Gasteiger charge is -2.22. The smallest absolute Gasteiger partial charge is 0.258 e. The van der Waals surface area contributed by atoms with Crippen molar-refractivity contribution in [1.29, 1.82) is 0 Å². The van der Waals surface area contributed by atoms with Gasteiger partial charge in [0, 0.05) is 23.1 Å². The number of nitrogens with zero attached hydrogens (tertiary/aromatic N) is 5. The molecule has 0 radical (unpaired) electrons. The van der Waals surface area contributed by atoms with Gasteiger partial charge in [-0.15, -0.1) is 0 Å². The number of alkyl halides is 3. The molecule has 0 saturated heterocycles. The van der Waals surface area contributed by atoms with Crippen LogP contribution in [0.15, 0.2) is 60.8 Å². The highest BCUT2D eigenvalue weighted by atomic mass is 19.4. The van der Waals surface area contributed by atoms with Gasteiger partial charge >= 0.3 is 6.18 Å². The maximum absolute atomic E-state index is 13.0. The van der Waals surface area contributed by atoms with Gasteiger partial charge in [0.1, 0.15) is 5.69 Å². The van der Waals surface area contributed by atoms with Crippen LogP contribution in [0.5, 0.6) is 0 Å². The van der Waals surface area contributed by atoms with Crippen LogP contribution in [0.4, 0.5) is 13.2 Å². The van der Waals surface area contributed by atoms with E-state index in [1.54, 1.807) is 12.3 Å². The molecule has 4 heterocycles. The van der Waals surface area contributed by atoms with Gasteiger partial charge in [-0.1, -0.05) is 12.1 Å². The molecule has 0 fully saturated rings. The Bertz CT molecular complexity index is 1250. The van der Waals surface area contributed by atoms with Gasteiger partial charge in [-0.05, 0) is 70.2 Å². The lowest BCUT2D eigenvalue weighted by atomic mass is 9.85. The van der Waals surface area contributed by atoms with E-state index in [1.807, 2.05) is 58.0 Å². The molecule has 8 heteroatoms. The number of hydrogen-bond acceptors (Lipinski definition) is 4. The van der Waals surface area contributed by atoms with E-state index in [2.05, 4.69) is 15.1 Å². The third-order valence-electron chi connectivity index (χ3n) is 5.26. The zero-order valence-electron chi connectivity index (χ0n) is 18.1. The number of aromatic nitrogens is 5. The van der Waals surface area contributed by atoms with E-state index in [-0.39, 0.29) is 5.82 Å². The minimum Gasteiger partial charge on any atom is -0.258 e. The number of halogens is 3. The van der Waals surface area contributed by atoms with Gasteiger partial charge in [0.25, 0.3) is 0 Å². The second-order valence-corrected chi connectivity index (χ2v) is 8.20. The summed E-state index contributed by atoms with van der Waals surface area (Å²) >= 11 is 0. The average Bonchev–Trinajstić information content (AvgIpc) is 3.24. The molecule has 0 saturated carbocycles. The molecule has 5 nitrogen and oxygen atoms in total. The SMILES string of the molecule is Cc1cc(-c2cccc(C(C)(C)c3ccn(-c4cccc(C(F)(F)F)n4)n3)n2)cc(C)n1. The van der Waals surface area contributed by atoms with Crippen molar-refractivity contribution < 1.29 is 13.2 Å². The molecule has 0 aliphatic carbocycles. The zero-order chi connectivity index (χ0) is 23.1. The predicted octanol–water partition coefficient (Wildman–Crippen LogP) is 5.69. The topological polar surface area (TPSA) is 56.5 Å². The Morgan fingerprint density at radius 1 is 0.750 bits per heavy atom. The van der Waals surface area contributed by atoms with Gasteiger partial charge in [-0.3, -0.25) is 9.97 Å². The monoisotopic (exact) mass is 437 g/mol. The van der Waals surface area contributed by atoms with Gasteiger partial charge in [0.05, 0.1) is 22.5 Å². The van der Waals surface area contributed by atoms with E-state index in [0.717, 1.165) is 34.4 Å². The van der Waals surface area contributed by atoms with Crippen LogP contribution in [-0.2, 0) is 11.6 Å². The van der Waals surface area contributed by atoms with E-state index in [1.165, 1.54) is 16.8 Å². The molecule has 0 bridgehead atoms. The van der Waals surface area contributed by atoms with E-state index in [0.29, 0.717) is 5.69 Å². The summed E-state index contributed by atoms with van der Waals surface area (Å²) in [5.74, 6) is 0.103. The second kappa shape index (κ2) is 7.85. The van der Waals surface area contributed by atoms with Crippen molar-refractivity contribution in [3.63, 3.8) is 0 Å². The minimum atomic E-state index is -4.51. The highest BCUT2D eigenvalue weighted by Crippen LogP contribution is 2.32. The maximum atomic E-state index is 13.0. The number of aryl methyl sites for hydroxylation is 2. The quantitative estimate of drug-likeness (QED) is 0.412. The lowest BCUT2D eigenvalue weighted by molar-refractivity contribution is -0.141. The van der Waals surface area contributed by atoms with Crippen LogP contribution in [-0.4, -0.2) is 24.7 Å². The third kappa shape index (κ3) is 4.26. The summed E-state index contributed by atoms with van der Waals surface area (Å²) in [5.41, 5.74) is 3.56. The first-order valence-electron chi connectivity index (χ1n) is 10.1. The molecule has 0 spiro atoms. The number of pyridine rings is 3. The molecule has 32 heavy (non-hydrogen) atoms. The van der Waals surface area contributed by atoms with Crippen LogP contribution in [0, 0.1) is 13.8 Å². The first-order chi connectivity index (χ1) is 15.0. The van der Waals surface area contributed by atoms with Crippen LogP contribution in [0.3, 0.4) is 0 Å². The molecule has 4 rings (SSSR count). The molecule has 0 N–H and O–H groups in total. The van der Waals surface area contributed by atoms with E-state index >= 15 is 0 Å². The van der Waals surface area contributed by atoms with E-state index in [4.69, 9.17) is 4.98 Å². The molecule has 0 aliphatic rings. The third-order valence-corrected chi connectivity index (χ3v) is 5.26. The van der Waals surface area contributed by atoms with Crippen LogP contribution < -0.4 is 0 Å². The second-order valence-electron chi connectivity index (χ2n) is 8.20. The standard InChI is InChI=1S/C24H22F3N5/c1-15-13-17(14-16(2)28-15)18-7-5-8-19(29-18)23(3,4)20-11-12-32(31-20)22-10-6-9-21(30-22)24(25,26)27/h5-14H,1-4H3. The summed E-state index contributed by atoms with van der Waals surface area (Å²) in [7, 11) is 0. The minimum absolute atomic E-state index is 0.103. The molecular weight excluding hydrogens is 415 g/mol. The van der Waals surface area contributed by atoms with Crippen molar-refractivity contribution in [3.8, 4) is 17.1 Å². The van der Waals surface area contributed by atoms with Crippen molar-refractivity contribution in [2.24, 2.45) is 0 Å². The van der Waals surface area contributed by atoms with Crippen molar-refractivity contribution in [2.75, 3.05) is 0 Å². The van der Waals surface area contributed by atoms with Gasteiger partial charge < -0.3 is 0 Å². The van der Waals surface area contributed by atoms with E-state index in [9.17, 15) is 13.2 Å². The normalized spacial score (nSPS) is 12.2. The molecule has 0 aliphatic heterocycles. The molecule has 4 aromatic rings. The highest BCUT2D eigenvalue weighted by Gasteiger charge is 2.33. The van der Waals surface area contributed by atoms with E-state index < -0.39 is 17.3 Å². The van der Waals surface area contributed by atoms with Gasteiger partial charge in [-0.2, -0.15) is 18.3 Å². The van der Waals surface area contributed by atoms with Crippen molar-refractivity contribution in [2.45, 2.75) is 39.3 Å². The molecule has 0 unspecified atom stereocenters. The Hall–Kier alpha value is -3.55. The Balaban J connectivity index is 1.69. The zero-order valence-corrected chi connectivity index (χ0v) is 18.1. The summed E-state index contributed by atoms with van der Waals surface area (Å²) < 4.78 is 40.4. The number of hydrogen-bond donors (Lipinski definition) is 0. The Morgan fingerprint density at radius 3 is 2.09 bits per heavy atom. The fourth-order valence-corrected chi connectivity index (χ4v) is 3.55. The maximum Gasteiger partial charge on any atom is 0.433 e. The summed E-state index contributed by atoms with van der Waals surface area (Å²) in [6, 6.07) is 15.3. The molecule has 4 aromatic heterocycles. The van der Waals surface area contributed by atoms with Crippen LogP contribution in [0.25, 0.3) is 17.1 Å². The van der Waals surface area contributed by atoms with Crippen LogP contribution in [0.2, 0.25) is 0 Å². The first kappa shape index (κ1) is 21.7. The fourth-order valence-electron chi connectivity index (χ4n) is 3.55. The Morgan fingerprint density at radius 2 is 1.41 bits per heavy atom. The largest absolute Gasteiger partial charge is 0.433 e. The van der Waals surface area contributed by atoms with Crippen molar-refractivity contribution in [1.82, 2.24) is 24.7 Å². The highest BCUT2D eigenvalue weighted by molar-refractivity contribution is 5.60. The molecule has 0 atom stereocenters. The average molecular weight is 437 g/mol. The summed E-state index contributed by atoms with van der Waals surface area (Å²) in [6.45, 7) is 7.85. The summed E-state index contributed by atoms with van der Waals surface area (Å²) in [4.78, 5) is 13.0. The van der Waals surface area contributed by atoms with Crippen LogP contribution >= 0.6 is 0 Å². The number of rotatable bonds is 4. The van der Waals surface area contributed by atoms with Crippen LogP contribution in [0.1, 0.15) is 42.3 Å². The van der Waals surface area contributed by atoms with Gasteiger partial charge in [0.15, 0.2) is 5.82 Å². The molecular formula is C24H22F3N5. The van der Waals surface area contributed by atoms with Gasteiger partial charge in [-0.25, -0.2) is 9.67 Å².